The third-order valence-corrected chi connectivity index (χ3v) is 4.38. The molecule has 2 N–H and O–H groups in total. The van der Waals surface area contributed by atoms with E-state index in [4.69, 9.17) is 0 Å². The van der Waals surface area contributed by atoms with Crippen LogP contribution in [0.15, 0.2) is 0 Å². The summed E-state index contributed by atoms with van der Waals surface area (Å²) < 4.78 is 2.48. The van der Waals surface area contributed by atoms with Gasteiger partial charge in [0, 0.05) is 19.3 Å². The molecule has 2 atom stereocenters. The normalized spacial score (nSPS) is 36.5. The van der Waals surface area contributed by atoms with Gasteiger partial charge in [0.15, 0.2) is 0 Å². The zero-order valence-electron chi connectivity index (χ0n) is 11.8. The fourth-order valence-corrected chi connectivity index (χ4v) is 3.38. The first-order chi connectivity index (χ1) is 7.99. The molecular weight excluding hydrogens is 212 g/mol. The summed E-state index contributed by atoms with van der Waals surface area (Å²) in [5, 5.41) is 6.84. The average Bonchev–Trinajstić information content (AvgIpc) is 2.82. The maximum Gasteiger partial charge on any atom is 0.207 e. The molecular formula is C13H30N4+2. The molecule has 0 amide bonds. The first-order valence-electron chi connectivity index (χ1n) is 7.09. The van der Waals surface area contributed by atoms with Crippen LogP contribution in [-0.4, -0.2) is 75.7 Å². The number of likely N-dealkylation sites (N-methyl/N-ethyl adjacent to an activating group) is 2. The quantitative estimate of drug-likeness (QED) is 0.530. The lowest BCUT2D eigenvalue weighted by Crippen LogP contribution is -2.47. The highest BCUT2D eigenvalue weighted by Crippen LogP contribution is 2.19. The Morgan fingerprint density at radius 2 is 1.94 bits per heavy atom. The lowest BCUT2D eigenvalue weighted by Gasteiger charge is -2.29. The van der Waals surface area contributed by atoms with E-state index in [9.17, 15) is 0 Å². The summed E-state index contributed by atoms with van der Waals surface area (Å²) in [7, 11) is 7.15. The van der Waals surface area contributed by atoms with Crippen molar-refractivity contribution in [2.75, 3.05) is 60.7 Å². The van der Waals surface area contributed by atoms with Gasteiger partial charge in [0.05, 0.1) is 27.7 Å². The molecule has 4 heteroatoms. The second-order valence-electron chi connectivity index (χ2n) is 6.90. The van der Waals surface area contributed by atoms with Gasteiger partial charge in [-0.05, 0) is 19.3 Å². The Bertz CT molecular complexity index is 248. The topological polar surface area (TPSA) is 24.1 Å². The van der Waals surface area contributed by atoms with Crippen LogP contribution in [0.2, 0.25) is 0 Å². The first-order valence-corrected chi connectivity index (χ1v) is 7.09. The zero-order chi connectivity index (χ0) is 12.4. The molecule has 17 heavy (non-hydrogen) atoms. The highest BCUT2D eigenvalue weighted by Gasteiger charge is 2.39. The Hall–Kier alpha value is -0.160. The van der Waals surface area contributed by atoms with Crippen LogP contribution in [0.3, 0.4) is 0 Å². The molecule has 0 bridgehead atoms. The predicted molar refractivity (Wildman–Crippen MR) is 71.4 cm³/mol. The molecule has 2 rings (SSSR count). The van der Waals surface area contributed by atoms with Crippen molar-refractivity contribution in [1.82, 2.24) is 10.6 Å². The van der Waals surface area contributed by atoms with Crippen LogP contribution in [0.5, 0.6) is 0 Å². The molecule has 2 fully saturated rings. The maximum atomic E-state index is 3.49. The lowest BCUT2D eigenvalue weighted by molar-refractivity contribution is -1.02. The summed E-state index contributed by atoms with van der Waals surface area (Å²) in [4.78, 5) is 0. The van der Waals surface area contributed by atoms with Crippen LogP contribution >= 0.6 is 0 Å². The number of quaternary nitrogens is 2. The van der Waals surface area contributed by atoms with E-state index in [1.807, 2.05) is 0 Å². The van der Waals surface area contributed by atoms with Gasteiger partial charge >= 0.3 is 0 Å². The van der Waals surface area contributed by atoms with Crippen LogP contribution in [0.4, 0.5) is 0 Å². The highest BCUT2D eigenvalue weighted by molar-refractivity contribution is 4.74. The van der Waals surface area contributed by atoms with Gasteiger partial charge in [-0.3, -0.25) is 8.97 Å². The molecule has 2 saturated heterocycles. The van der Waals surface area contributed by atoms with E-state index in [0.29, 0.717) is 0 Å². The molecule has 0 spiro atoms. The smallest absolute Gasteiger partial charge is 0.207 e. The predicted octanol–water partition coefficient (Wildman–Crippen LogP) is 0.170. The summed E-state index contributed by atoms with van der Waals surface area (Å²) in [5.74, 6) is 0. The molecule has 0 aromatic rings. The molecule has 0 aromatic heterocycles. The standard InChI is InChI=1S/C13H30N4/c1-16(2)8-9-17(3,12-16)7-5-4-6-13-10-14-11-15-13/h13-15H,4-12H2,1-3H3/q+2. The van der Waals surface area contributed by atoms with Crippen molar-refractivity contribution in [3.63, 3.8) is 0 Å². The number of hydrogen-bond donors (Lipinski definition) is 2. The van der Waals surface area contributed by atoms with Crippen molar-refractivity contribution >= 4 is 0 Å². The molecule has 4 nitrogen and oxygen atoms in total. The van der Waals surface area contributed by atoms with Gasteiger partial charge in [0.2, 0.25) is 6.67 Å². The van der Waals surface area contributed by atoms with Crippen molar-refractivity contribution in [2.45, 2.75) is 25.3 Å². The minimum atomic E-state index is 0.728. The molecule has 0 aromatic carbocycles. The Kier molecular flexibility index (Phi) is 4.08. The Labute approximate surface area is 106 Å². The van der Waals surface area contributed by atoms with Gasteiger partial charge in [0.25, 0.3) is 0 Å². The Morgan fingerprint density at radius 1 is 1.12 bits per heavy atom. The van der Waals surface area contributed by atoms with E-state index in [-0.39, 0.29) is 0 Å². The summed E-state index contributed by atoms with van der Waals surface area (Å²) in [6, 6.07) is 0.728. The average molecular weight is 242 g/mol. The molecule has 2 unspecified atom stereocenters. The minimum absolute atomic E-state index is 0.728. The fourth-order valence-electron chi connectivity index (χ4n) is 3.38. The van der Waals surface area contributed by atoms with Crippen molar-refractivity contribution in [1.29, 1.82) is 0 Å². The zero-order valence-corrected chi connectivity index (χ0v) is 11.8. The lowest BCUT2D eigenvalue weighted by atomic mass is 10.1. The Morgan fingerprint density at radius 3 is 2.53 bits per heavy atom. The third-order valence-electron chi connectivity index (χ3n) is 4.38. The maximum absolute atomic E-state index is 3.49. The van der Waals surface area contributed by atoms with Crippen LogP contribution in [0.25, 0.3) is 0 Å². The fraction of sp³-hybridized carbons (Fsp3) is 1.00. The molecule has 2 aliphatic rings. The van der Waals surface area contributed by atoms with E-state index in [0.717, 1.165) is 19.3 Å². The van der Waals surface area contributed by atoms with Crippen molar-refractivity contribution < 1.29 is 8.97 Å². The number of nitrogens with zero attached hydrogens (tertiary/aromatic N) is 2. The van der Waals surface area contributed by atoms with Crippen LogP contribution < -0.4 is 10.6 Å². The second-order valence-corrected chi connectivity index (χ2v) is 6.90. The van der Waals surface area contributed by atoms with E-state index in [1.165, 1.54) is 54.5 Å². The number of hydrogen-bond acceptors (Lipinski definition) is 2. The molecule has 0 aliphatic carbocycles. The van der Waals surface area contributed by atoms with Crippen LogP contribution in [0.1, 0.15) is 19.3 Å². The van der Waals surface area contributed by atoms with E-state index < -0.39 is 0 Å². The summed E-state index contributed by atoms with van der Waals surface area (Å²) in [6.07, 6.45) is 4.10. The van der Waals surface area contributed by atoms with E-state index in [1.54, 1.807) is 0 Å². The molecule has 2 heterocycles. The van der Waals surface area contributed by atoms with Gasteiger partial charge in [-0.25, -0.2) is 0 Å². The van der Waals surface area contributed by atoms with E-state index in [2.05, 4.69) is 31.8 Å². The molecule has 0 saturated carbocycles. The van der Waals surface area contributed by atoms with E-state index >= 15 is 0 Å². The van der Waals surface area contributed by atoms with Crippen molar-refractivity contribution in [3.8, 4) is 0 Å². The largest absolute Gasteiger partial charge is 0.303 e. The van der Waals surface area contributed by atoms with Crippen molar-refractivity contribution in [3.05, 3.63) is 0 Å². The molecule has 100 valence electrons. The third kappa shape index (κ3) is 3.91. The second kappa shape index (κ2) is 5.22. The summed E-state index contributed by atoms with van der Waals surface area (Å²) >= 11 is 0. The van der Waals surface area contributed by atoms with Gasteiger partial charge in [-0.2, -0.15) is 0 Å². The van der Waals surface area contributed by atoms with Gasteiger partial charge in [-0.15, -0.1) is 0 Å². The Balaban J connectivity index is 1.61. The number of rotatable bonds is 5. The monoisotopic (exact) mass is 242 g/mol. The van der Waals surface area contributed by atoms with Crippen LogP contribution in [0, 0.1) is 0 Å². The minimum Gasteiger partial charge on any atom is -0.303 e. The molecule has 0 radical (unpaired) electrons. The van der Waals surface area contributed by atoms with Gasteiger partial charge in [0.1, 0.15) is 13.1 Å². The van der Waals surface area contributed by atoms with Gasteiger partial charge < -0.3 is 10.6 Å². The highest BCUT2D eigenvalue weighted by atomic mass is 15.6. The van der Waals surface area contributed by atoms with Crippen LogP contribution in [-0.2, 0) is 0 Å². The summed E-state index contributed by atoms with van der Waals surface area (Å²) in [5.41, 5.74) is 0. The summed E-state index contributed by atoms with van der Waals surface area (Å²) in [6.45, 7) is 7.53. The molecule has 2 aliphatic heterocycles. The number of unbranched alkanes of at least 4 members (excludes halogenated alkanes) is 1. The number of nitrogens with one attached hydrogen (secondary N) is 2. The first kappa shape index (κ1) is 13.3. The van der Waals surface area contributed by atoms with Gasteiger partial charge in [-0.1, -0.05) is 0 Å². The van der Waals surface area contributed by atoms with Crippen molar-refractivity contribution in [2.24, 2.45) is 0 Å². The SMILES string of the molecule is C[N+]1(C)CC[N+](C)(CCCCC2CNCN2)C1.